The van der Waals surface area contributed by atoms with Crippen LogP contribution in [0.3, 0.4) is 0 Å². The highest BCUT2D eigenvalue weighted by atomic mass is 15.3. The molecule has 0 amide bonds. The first-order valence-electron chi connectivity index (χ1n) is 8.15. The molecular weight excluding hydrogens is 258 g/mol. The first kappa shape index (κ1) is 14.3. The molecule has 1 atom stereocenters. The highest BCUT2D eigenvalue weighted by Crippen LogP contribution is 2.27. The maximum absolute atomic E-state index is 4.75. The average Bonchev–Trinajstić information content (AvgIpc) is 3.03. The Bertz CT molecular complexity index is 541. The number of hydrogen-bond acceptors (Lipinski definition) is 2. The first-order chi connectivity index (χ1) is 10.3. The molecule has 1 heterocycles. The molecule has 1 N–H and O–H groups in total. The largest absolute Gasteiger partial charge is 0.304 e. The maximum atomic E-state index is 4.75. The highest BCUT2D eigenvalue weighted by Gasteiger charge is 2.16. The van der Waals surface area contributed by atoms with Gasteiger partial charge in [0, 0.05) is 18.8 Å². The van der Waals surface area contributed by atoms with E-state index < -0.39 is 0 Å². The maximum Gasteiger partial charge on any atom is 0.0762 e. The van der Waals surface area contributed by atoms with Gasteiger partial charge in [0.25, 0.3) is 0 Å². The Balaban J connectivity index is 1.55. The quantitative estimate of drug-likeness (QED) is 0.889. The molecule has 1 aromatic carbocycles. The number of benzene rings is 1. The van der Waals surface area contributed by atoms with Crippen molar-refractivity contribution in [2.75, 3.05) is 0 Å². The van der Waals surface area contributed by atoms with Crippen molar-refractivity contribution in [3.05, 3.63) is 53.9 Å². The van der Waals surface area contributed by atoms with E-state index in [1.165, 1.54) is 37.7 Å². The highest BCUT2D eigenvalue weighted by molar-refractivity contribution is 5.18. The Morgan fingerprint density at radius 3 is 2.67 bits per heavy atom. The van der Waals surface area contributed by atoms with Gasteiger partial charge in [-0.3, -0.25) is 4.68 Å². The Hall–Kier alpha value is -1.61. The third-order valence-corrected chi connectivity index (χ3v) is 4.50. The molecule has 2 aromatic rings. The number of rotatable bonds is 5. The monoisotopic (exact) mass is 283 g/mol. The van der Waals surface area contributed by atoms with Gasteiger partial charge >= 0.3 is 0 Å². The van der Waals surface area contributed by atoms with Crippen molar-refractivity contribution >= 4 is 0 Å². The fourth-order valence-corrected chi connectivity index (χ4v) is 3.14. The summed E-state index contributed by atoms with van der Waals surface area (Å²) in [5, 5.41) is 8.31. The fraction of sp³-hybridized carbons (Fsp3) is 0.500. The number of hydrogen-bond donors (Lipinski definition) is 1. The fourth-order valence-electron chi connectivity index (χ4n) is 3.14. The van der Waals surface area contributed by atoms with Crippen molar-refractivity contribution in [1.29, 1.82) is 0 Å². The molecule has 1 fully saturated rings. The van der Waals surface area contributed by atoms with Gasteiger partial charge in [0.2, 0.25) is 0 Å². The SMILES string of the molecule is C[C@@H](NCc1ccn(C2CCCCC2)n1)c1ccccc1. The minimum absolute atomic E-state index is 0.353. The molecule has 0 aliphatic heterocycles. The molecule has 0 saturated heterocycles. The predicted octanol–water partition coefficient (Wildman–Crippen LogP) is 4.24. The van der Waals surface area contributed by atoms with Gasteiger partial charge in [0.05, 0.1) is 11.7 Å². The second-order valence-corrected chi connectivity index (χ2v) is 6.09. The zero-order valence-corrected chi connectivity index (χ0v) is 12.8. The molecule has 0 radical (unpaired) electrons. The van der Waals surface area contributed by atoms with Gasteiger partial charge in [-0.2, -0.15) is 5.10 Å². The Labute approximate surface area is 127 Å². The van der Waals surface area contributed by atoms with Gasteiger partial charge in [0.15, 0.2) is 0 Å². The second-order valence-electron chi connectivity index (χ2n) is 6.09. The lowest BCUT2D eigenvalue weighted by atomic mass is 9.96. The minimum Gasteiger partial charge on any atom is -0.304 e. The van der Waals surface area contributed by atoms with E-state index in [1.807, 2.05) is 0 Å². The van der Waals surface area contributed by atoms with Crippen molar-refractivity contribution in [3.63, 3.8) is 0 Å². The molecule has 21 heavy (non-hydrogen) atoms. The van der Waals surface area contributed by atoms with Crippen LogP contribution in [0.15, 0.2) is 42.6 Å². The summed E-state index contributed by atoms with van der Waals surface area (Å²) in [7, 11) is 0. The summed E-state index contributed by atoms with van der Waals surface area (Å²) in [5.74, 6) is 0. The summed E-state index contributed by atoms with van der Waals surface area (Å²) < 4.78 is 2.18. The van der Waals surface area contributed by atoms with E-state index in [9.17, 15) is 0 Å². The summed E-state index contributed by atoms with van der Waals surface area (Å²) >= 11 is 0. The lowest BCUT2D eigenvalue weighted by molar-refractivity contribution is 0.327. The number of nitrogens with zero attached hydrogens (tertiary/aromatic N) is 2. The van der Waals surface area contributed by atoms with Gasteiger partial charge in [-0.15, -0.1) is 0 Å². The normalized spacial score (nSPS) is 17.8. The second kappa shape index (κ2) is 6.90. The van der Waals surface area contributed by atoms with E-state index >= 15 is 0 Å². The van der Waals surface area contributed by atoms with E-state index in [4.69, 9.17) is 5.10 Å². The summed E-state index contributed by atoms with van der Waals surface area (Å²) in [6.07, 6.45) is 8.82. The van der Waals surface area contributed by atoms with Crippen LogP contribution in [0.2, 0.25) is 0 Å². The van der Waals surface area contributed by atoms with Crippen LogP contribution in [0.4, 0.5) is 0 Å². The van der Waals surface area contributed by atoms with Crippen LogP contribution in [-0.2, 0) is 6.54 Å². The lowest BCUT2D eigenvalue weighted by Crippen LogP contribution is -2.19. The Kier molecular flexibility index (Phi) is 4.71. The van der Waals surface area contributed by atoms with Crippen LogP contribution in [0.25, 0.3) is 0 Å². The molecule has 1 aromatic heterocycles. The molecule has 1 aliphatic carbocycles. The van der Waals surface area contributed by atoms with Crippen molar-refractivity contribution < 1.29 is 0 Å². The standard InChI is InChI=1S/C18H25N3/c1-15(16-8-4-2-5-9-16)19-14-17-12-13-21(20-17)18-10-6-3-7-11-18/h2,4-5,8-9,12-13,15,18-19H,3,6-7,10-11,14H2,1H3/t15-/m1/s1. The van der Waals surface area contributed by atoms with Crippen LogP contribution in [0.5, 0.6) is 0 Å². The zero-order valence-electron chi connectivity index (χ0n) is 12.8. The molecule has 0 bridgehead atoms. The predicted molar refractivity (Wildman–Crippen MR) is 86.0 cm³/mol. The van der Waals surface area contributed by atoms with Gasteiger partial charge in [-0.05, 0) is 31.4 Å². The van der Waals surface area contributed by atoms with Crippen LogP contribution in [0, 0.1) is 0 Å². The summed E-state index contributed by atoms with van der Waals surface area (Å²) in [6, 6.07) is 13.7. The van der Waals surface area contributed by atoms with Gasteiger partial charge in [-0.1, -0.05) is 49.6 Å². The Morgan fingerprint density at radius 2 is 1.90 bits per heavy atom. The van der Waals surface area contributed by atoms with Gasteiger partial charge in [-0.25, -0.2) is 0 Å². The summed E-state index contributed by atoms with van der Waals surface area (Å²) in [5.41, 5.74) is 2.47. The average molecular weight is 283 g/mol. The number of nitrogens with one attached hydrogen (secondary N) is 1. The molecule has 3 nitrogen and oxygen atoms in total. The van der Waals surface area contributed by atoms with Crippen molar-refractivity contribution in [1.82, 2.24) is 15.1 Å². The Morgan fingerprint density at radius 1 is 1.14 bits per heavy atom. The van der Waals surface area contributed by atoms with Crippen molar-refractivity contribution in [2.45, 2.75) is 57.7 Å². The zero-order chi connectivity index (χ0) is 14.5. The van der Waals surface area contributed by atoms with Crippen molar-refractivity contribution in [2.24, 2.45) is 0 Å². The molecule has 112 valence electrons. The topological polar surface area (TPSA) is 29.9 Å². The van der Waals surface area contributed by atoms with Crippen molar-refractivity contribution in [3.8, 4) is 0 Å². The van der Waals surface area contributed by atoms with Gasteiger partial charge < -0.3 is 5.32 Å². The third kappa shape index (κ3) is 3.73. The van der Waals surface area contributed by atoms with Crippen LogP contribution in [0.1, 0.15) is 62.4 Å². The third-order valence-electron chi connectivity index (χ3n) is 4.50. The smallest absolute Gasteiger partial charge is 0.0762 e. The van der Waals surface area contributed by atoms with E-state index in [1.54, 1.807) is 0 Å². The minimum atomic E-state index is 0.353. The van der Waals surface area contributed by atoms with Gasteiger partial charge in [0.1, 0.15) is 0 Å². The molecular formula is C18H25N3. The van der Waals surface area contributed by atoms with E-state index in [0.29, 0.717) is 12.1 Å². The molecule has 3 heteroatoms. The number of aromatic nitrogens is 2. The first-order valence-corrected chi connectivity index (χ1v) is 8.15. The molecule has 0 unspecified atom stereocenters. The molecule has 3 rings (SSSR count). The van der Waals surface area contributed by atoms with Crippen LogP contribution in [-0.4, -0.2) is 9.78 Å². The molecule has 0 spiro atoms. The molecule has 1 aliphatic rings. The summed E-state index contributed by atoms with van der Waals surface area (Å²) in [6.45, 7) is 3.03. The lowest BCUT2D eigenvalue weighted by Gasteiger charge is -2.21. The summed E-state index contributed by atoms with van der Waals surface area (Å²) in [4.78, 5) is 0. The molecule has 1 saturated carbocycles. The van der Waals surface area contributed by atoms with E-state index in [-0.39, 0.29) is 0 Å². The van der Waals surface area contributed by atoms with E-state index in [2.05, 4.69) is 59.5 Å². The van der Waals surface area contributed by atoms with Crippen LogP contribution < -0.4 is 5.32 Å². The van der Waals surface area contributed by atoms with E-state index in [0.717, 1.165) is 12.2 Å². The van der Waals surface area contributed by atoms with Crippen LogP contribution >= 0.6 is 0 Å².